The molecular weight excluding hydrogens is 466 g/mol. The number of aromatic nitrogens is 4. The number of benzene rings is 1. The Morgan fingerprint density at radius 3 is 2.49 bits per heavy atom. The van der Waals surface area contributed by atoms with E-state index in [-0.39, 0.29) is 11.9 Å². The summed E-state index contributed by atoms with van der Waals surface area (Å²) >= 11 is 0. The number of fused-ring (bicyclic) bond motifs is 1. The first kappa shape index (κ1) is 25.5. The van der Waals surface area contributed by atoms with Crippen LogP contribution in [0.25, 0.3) is 22.6 Å². The van der Waals surface area contributed by atoms with E-state index in [4.69, 9.17) is 9.72 Å². The van der Waals surface area contributed by atoms with Crippen molar-refractivity contribution in [2.24, 2.45) is 17.8 Å². The molecule has 2 saturated carbocycles. The molecule has 5 rings (SSSR count). The van der Waals surface area contributed by atoms with Crippen LogP contribution in [0.1, 0.15) is 81.4 Å². The number of carboxylic acid groups (broad SMARTS) is 1. The van der Waals surface area contributed by atoms with Crippen LogP contribution in [0, 0.1) is 24.7 Å². The van der Waals surface area contributed by atoms with Crippen molar-refractivity contribution < 1.29 is 14.6 Å². The van der Waals surface area contributed by atoms with E-state index in [0.717, 1.165) is 40.7 Å². The van der Waals surface area contributed by atoms with Gasteiger partial charge in [0.15, 0.2) is 11.5 Å². The van der Waals surface area contributed by atoms with Crippen LogP contribution in [-0.4, -0.2) is 43.7 Å². The van der Waals surface area contributed by atoms with Gasteiger partial charge in [0.25, 0.3) is 0 Å². The maximum absolute atomic E-state index is 12.0. The number of aryl methyl sites for hydroxylation is 1. The second-order valence-electron chi connectivity index (χ2n) is 11.0. The van der Waals surface area contributed by atoms with Crippen LogP contribution >= 0.6 is 0 Å². The van der Waals surface area contributed by atoms with Crippen LogP contribution in [-0.2, 0) is 6.54 Å². The molecule has 0 aliphatic heterocycles. The average molecular weight is 506 g/mol. The summed E-state index contributed by atoms with van der Waals surface area (Å²) in [4.78, 5) is 25.8. The Bertz CT molecular complexity index is 1270. The molecule has 2 N–H and O–H groups in total. The number of rotatable bonds is 9. The molecule has 2 heterocycles. The largest absolute Gasteiger partial charge is 0.496 e. The van der Waals surface area contributed by atoms with Crippen LogP contribution in [0.3, 0.4) is 0 Å². The topological polar surface area (TPSA) is 102 Å². The second-order valence-corrected chi connectivity index (χ2v) is 11.0. The molecule has 2 aromatic heterocycles. The molecule has 2 aliphatic rings. The SMILES string of the molecule is CC[C@H]1CC[C@H](Cn2c(-c3cc(C)ccc3OC)nc3nc(C(=O)O)nc(N[C@H](C)C4CCC4)c32)CC1. The lowest BCUT2D eigenvalue weighted by molar-refractivity contribution is 0.0684. The van der Waals surface area contributed by atoms with Crippen molar-refractivity contribution in [1.82, 2.24) is 19.5 Å². The average Bonchev–Trinajstić information content (AvgIpc) is 3.21. The van der Waals surface area contributed by atoms with E-state index in [0.29, 0.717) is 23.3 Å². The summed E-state index contributed by atoms with van der Waals surface area (Å²) in [5.41, 5.74) is 3.19. The summed E-state index contributed by atoms with van der Waals surface area (Å²) in [6.45, 7) is 7.30. The zero-order valence-electron chi connectivity index (χ0n) is 22.5. The standard InChI is InChI=1S/C29H39N5O3/c1-5-19-10-12-20(13-11-19)16-34-24-25(30-18(3)21-7-6-8-21)31-27(29(35)36)32-26(24)33-28(34)22-15-17(2)9-14-23(22)37-4/h9,14-15,18-21H,5-8,10-13,16H2,1-4H3,(H,35,36)(H,30,31,32)/t18-,19-,20-/m1/s1. The Balaban J connectivity index is 1.66. The second kappa shape index (κ2) is 10.7. The van der Waals surface area contributed by atoms with E-state index in [2.05, 4.69) is 46.7 Å². The van der Waals surface area contributed by atoms with Crippen molar-refractivity contribution in [3.63, 3.8) is 0 Å². The molecule has 8 heteroatoms. The molecule has 1 atom stereocenters. The monoisotopic (exact) mass is 505 g/mol. The van der Waals surface area contributed by atoms with Gasteiger partial charge >= 0.3 is 5.97 Å². The molecule has 8 nitrogen and oxygen atoms in total. The molecule has 0 spiro atoms. The predicted molar refractivity (Wildman–Crippen MR) is 145 cm³/mol. The van der Waals surface area contributed by atoms with Crippen molar-refractivity contribution in [3.8, 4) is 17.1 Å². The molecule has 37 heavy (non-hydrogen) atoms. The molecule has 2 aliphatic carbocycles. The zero-order chi connectivity index (χ0) is 26.1. The summed E-state index contributed by atoms with van der Waals surface area (Å²) in [6.07, 6.45) is 9.70. The van der Waals surface area contributed by atoms with E-state index in [1.165, 1.54) is 51.4 Å². The number of anilines is 1. The number of nitrogens with one attached hydrogen (secondary N) is 1. The van der Waals surface area contributed by atoms with Gasteiger partial charge in [-0.3, -0.25) is 0 Å². The third kappa shape index (κ3) is 5.15. The van der Waals surface area contributed by atoms with Gasteiger partial charge in [-0.15, -0.1) is 0 Å². The minimum Gasteiger partial charge on any atom is -0.496 e. The third-order valence-corrected chi connectivity index (χ3v) is 8.60. The summed E-state index contributed by atoms with van der Waals surface area (Å²) in [6, 6.07) is 6.26. The van der Waals surface area contributed by atoms with Crippen molar-refractivity contribution in [3.05, 3.63) is 29.6 Å². The lowest BCUT2D eigenvalue weighted by Crippen LogP contribution is -2.31. The first-order chi connectivity index (χ1) is 17.9. The molecule has 3 aromatic rings. The number of methoxy groups -OCH3 is 1. The van der Waals surface area contributed by atoms with Crippen molar-refractivity contribution in [2.75, 3.05) is 12.4 Å². The van der Waals surface area contributed by atoms with E-state index in [1.807, 2.05) is 12.1 Å². The minimum absolute atomic E-state index is 0.189. The Morgan fingerprint density at radius 1 is 1.14 bits per heavy atom. The van der Waals surface area contributed by atoms with Gasteiger partial charge in [0.2, 0.25) is 5.82 Å². The van der Waals surface area contributed by atoms with E-state index >= 15 is 0 Å². The van der Waals surface area contributed by atoms with Crippen LogP contribution in [0.5, 0.6) is 5.75 Å². The summed E-state index contributed by atoms with van der Waals surface area (Å²) in [7, 11) is 1.67. The molecule has 0 bridgehead atoms. The van der Waals surface area contributed by atoms with Gasteiger partial charge < -0.3 is 19.7 Å². The Kier molecular flexibility index (Phi) is 7.36. The van der Waals surface area contributed by atoms with Crippen LogP contribution in [0.15, 0.2) is 18.2 Å². The first-order valence-corrected chi connectivity index (χ1v) is 13.8. The molecule has 0 unspecified atom stereocenters. The Morgan fingerprint density at radius 2 is 1.86 bits per heavy atom. The number of hydrogen-bond donors (Lipinski definition) is 2. The van der Waals surface area contributed by atoms with E-state index < -0.39 is 5.97 Å². The van der Waals surface area contributed by atoms with Gasteiger partial charge in [-0.1, -0.05) is 44.2 Å². The van der Waals surface area contributed by atoms with Gasteiger partial charge in [-0.05, 0) is 69.4 Å². The van der Waals surface area contributed by atoms with Crippen molar-refractivity contribution in [1.29, 1.82) is 0 Å². The zero-order valence-corrected chi connectivity index (χ0v) is 22.5. The van der Waals surface area contributed by atoms with Gasteiger partial charge in [-0.2, -0.15) is 0 Å². The molecule has 2 fully saturated rings. The molecular formula is C29H39N5O3. The van der Waals surface area contributed by atoms with Gasteiger partial charge in [0, 0.05) is 12.6 Å². The quantitative estimate of drug-likeness (QED) is 0.350. The molecule has 198 valence electrons. The normalized spacial score (nSPS) is 21.0. The fourth-order valence-corrected chi connectivity index (χ4v) is 5.97. The van der Waals surface area contributed by atoms with Gasteiger partial charge in [-0.25, -0.2) is 19.7 Å². The number of aromatic carboxylic acids is 1. The van der Waals surface area contributed by atoms with E-state index in [1.54, 1.807) is 7.11 Å². The van der Waals surface area contributed by atoms with Gasteiger partial charge in [0.1, 0.15) is 17.1 Å². The maximum atomic E-state index is 12.0. The number of hydrogen-bond acceptors (Lipinski definition) is 6. The van der Waals surface area contributed by atoms with Crippen LogP contribution in [0.2, 0.25) is 0 Å². The molecule has 0 saturated heterocycles. The fourth-order valence-electron chi connectivity index (χ4n) is 5.97. The number of carbonyl (C=O) groups is 1. The minimum atomic E-state index is -1.15. The number of ether oxygens (including phenoxy) is 1. The van der Waals surface area contributed by atoms with Crippen molar-refractivity contribution in [2.45, 2.75) is 84.7 Å². The van der Waals surface area contributed by atoms with Gasteiger partial charge in [0.05, 0.1) is 12.7 Å². The lowest BCUT2D eigenvalue weighted by atomic mass is 9.80. The Hall–Kier alpha value is -3.16. The number of imidazole rings is 1. The number of nitrogens with zero attached hydrogens (tertiary/aromatic N) is 4. The van der Waals surface area contributed by atoms with Crippen LogP contribution < -0.4 is 10.1 Å². The third-order valence-electron chi connectivity index (χ3n) is 8.60. The summed E-state index contributed by atoms with van der Waals surface area (Å²) in [5.74, 6) is 2.57. The summed E-state index contributed by atoms with van der Waals surface area (Å²) in [5, 5.41) is 13.4. The molecule has 0 radical (unpaired) electrons. The smallest absolute Gasteiger partial charge is 0.374 e. The lowest BCUT2D eigenvalue weighted by Gasteiger charge is -2.32. The highest BCUT2D eigenvalue weighted by atomic mass is 16.5. The van der Waals surface area contributed by atoms with Crippen molar-refractivity contribution >= 4 is 23.0 Å². The Labute approximate surface area is 218 Å². The first-order valence-electron chi connectivity index (χ1n) is 13.8. The summed E-state index contributed by atoms with van der Waals surface area (Å²) < 4.78 is 7.96. The van der Waals surface area contributed by atoms with E-state index in [9.17, 15) is 9.90 Å². The maximum Gasteiger partial charge on any atom is 0.374 e. The highest BCUT2D eigenvalue weighted by Crippen LogP contribution is 2.38. The molecule has 1 aromatic carbocycles. The van der Waals surface area contributed by atoms with Crippen LogP contribution in [0.4, 0.5) is 5.82 Å². The molecule has 0 amide bonds. The fraction of sp³-hybridized carbons (Fsp3) is 0.586. The predicted octanol–water partition coefficient (Wildman–Crippen LogP) is 6.33. The highest BCUT2D eigenvalue weighted by Gasteiger charge is 2.29. The highest BCUT2D eigenvalue weighted by molar-refractivity contribution is 5.92. The number of carboxylic acids is 1.